The van der Waals surface area contributed by atoms with Gasteiger partial charge in [-0.05, 0) is 38.5 Å². The maximum atomic E-state index is 5.87. The van der Waals surface area contributed by atoms with E-state index in [-0.39, 0.29) is 0 Å². The molecule has 0 aliphatic heterocycles. The van der Waals surface area contributed by atoms with Gasteiger partial charge in [-0.2, -0.15) is 0 Å². The Morgan fingerprint density at radius 2 is 0.680 bits per heavy atom. The molecule has 0 aromatic rings. The fourth-order valence-corrected chi connectivity index (χ4v) is 4.43. The molecule has 0 aromatic heterocycles. The van der Waals surface area contributed by atoms with E-state index in [2.05, 4.69) is 47.8 Å². The van der Waals surface area contributed by atoms with E-state index < -0.39 is 8.60 Å². The van der Waals surface area contributed by atoms with Crippen molar-refractivity contribution in [3.63, 3.8) is 0 Å². The highest BCUT2D eigenvalue weighted by Crippen LogP contribution is 2.40. The molecule has 25 heavy (non-hydrogen) atoms. The molecular formula is C18H36Br3O3P. The number of unbranched alkanes of at least 4 members (excludes halogenated alkanes) is 9. The van der Waals surface area contributed by atoms with Crippen LogP contribution in [0.4, 0.5) is 0 Å². The van der Waals surface area contributed by atoms with Gasteiger partial charge >= 0.3 is 8.60 Å². The fourth-order valence-electron chi connectivity index (χ4n) is 2.18. The van der Waals surface area contributed by atoms with Crippen molar-refractivity contribution in [1.29, 1.82) is 0 Å². The van der Waals surface area contributed by atoms with Gasteiger partial charge in [0.25, 0.3) is 0 Å². The predicted octanol–water partition coefficient (Wildman–Crippen LogP) is 8.13. The minimum atomic E-state index is -1.16. The number of halogens is 3. The molecule has 7 heteroatoms. The van der Waals surface area contributed by atoms with Crippen LogP contribution in [0.3, 0.4) is 0 Å². The van der Waals surface area contributed by atoms with Crippen LogP contribution in [0.25, 0.3) is 0 Å². The molecule has 0 aromatic carbocycles. The lowest BCUT2D eigenvalue weighted by Crippen LogP contribution is -2.00. The van der Waals surface area contributed by atoms with E-state index in [0.717, 1.165) is 55.1 Å². The summed E-state index contributed by atoms with van der Waals surface area (Å²) in [7, 11) is -1.16. The predicted molar refractivity (Wildman–Crippen MR) is 122 cm³/mol. The minimum absolute atomic E-state index is 0.751. The molecule has 3 nitrogen and oxygen atoms in total. The van der Waals surface area contributed by atoms with Crippen LogP contribution < -0.4 is 0 Å². The topological polar surface area (TPSA) is 27.7 Å². The second kappa shape index (κ2) is 23.8. The molecule has 0 radical (unpaired) electrons. The lowest BCUT2D eigenvalue weighted by Gasteiger charge is -2.17. The molecule has 0 rings (SSSR count). The number of hydrogen-bond acceptors (Lipinski definition) is 3. The standard InChI is InChI=1S/C18H36Br3O3P/c19-13-7-1-4-10-16-22-25(23-17-11-5-2-8-14-20)24-18-12-6-3-9-15-21/h1-18H2. The first-order chi connectivity index (χ1) is 12.3. The average molecular weight is 571 g/mol. The van der Waals surface area contributed by atoms with Crippen molar-refractivity contribution in [3.8, 4) is 0 Å². The number of alkyl halides is 3. The Balaban J connectivity index is 3.76. The van der Waals surface area contributed by atoms with Gasteiger partial charge in [0.2, 0.25) is 0 Å². The van der Waals surface area contributed by atoms with Crippen molar-refractivity contribution >= 4 is 56.4 Å². The van der Waals surface area contributed by atoms with Crippen LogP contribution in [0.1, 0.15) is 77.0 Å². The SMILES string of the molecule is BrCCCCCCOP(OCCCCCCBr)OCCCCCCBr. The molecule has 152 valence electrons. The maximum Gasteiger partial charge on any atom is 0.332 e. The van der Waals surface area contributed by atoms with E-state index in [1.165, 1.54) is 57.8 Å². The lowest BCUT2D eigenvalue weighted by molar-refractivity contribution is 0.154. The van der Waals surface area contributed by atoms with Gasteiger partial charge in [0, 0.05) is 16.0 Å². The summed E-state index contributed by atoms with van der Waals surface area (Å²) >= 11 is 10.4. The molecule has 0 unspecified atom stereocenters. The summed E-state index contributed by atoms with van der Waals surface area (Å²) in [5.41, 5.74) is 0. The van der Waals surface area contributed by atoms with Gasteiger partial charge in [-0.3, -0.25) is 0 Å². The second-order valence-electron chi connectivity index (χ2n) is 6.03. The zero-order valence-corrected chi connectivity index (χ0v) is 21.2. The first kappa shape index (κ1) is 26.8. The monoisotopic (exact) mass is 568 g/mol. The van der Waals surface area contributed by atoms with Crippen molar-refractivity contribution in [2.45, 2.75) is 77.0 Å². The van der Waals surface area contributed by atoms with Crippen molar-refractivity contribution in [2.24, 2.45) is 0 Å². The highest BCUT2D eigenvalue weighted by molar-refractivity contribution is 9.09. The van der Waals surface area contributed by atoms with Crippen molar-refractivity contribution in [3.05, 3.63) is 0 Å². The van der Waals surface area contributed by atoms with Crippen LogP contribution in [0.2, 0.25) is 0 Å². The third-order valence-electron chi connectivity index (χ3n) is 3.67. The molecule has 0 atom stereocenters. The largest absolute Gasteiger partial charge is 0.332 e. The summed E-state index contributed by atoms with van der Waals surface area (Å²) in [6, 6.07) is 0. The molecule has 0 aliphatic rings. The Hall–Kier alpha value is 1.75. The number of hydrogen-bond donors (Lipinski definition) is 0. The summed E-state index contributed by atoms with van der Waals surface area (Å²) in [6.07, 6.45) is 14.4. The van der Waals surface area contributed by atoms with Crippen LogP contribution in [0.15, 0.2) is 0 Å². The third kappa shape index (κ3) is 21.9. The summed E-state index contributed by atoms with van der Waals surface area (Å²) in [5.74, 6) is 0. The molecule has 0 fully saturated rings. The molecule has 0 saturated carbocycles. The van der Waals surface area contributed by atoms with Gasteiger partial charge in [-0.1, -0.05) is 86.3 Å². The van der Waals surface area contributed by atoms with Gasteiger partial charge in [0.15, 0.2) is 0 Å². The van der Waals surface area contributed by atoms with Crippen LogP contribution >= 0.6 is 56.4 Å². The summed E-state index contributed by atoms with van der Waals surface area (Å²) < 4.78 is 17.6. The lowest BCUT2D eigenvalue weighted by atomic mass is 10.2. The molecule has 0 bridgehead atoms. The Morgan fingerprint density at radius 1 is 0.400 bits per heavy atom. The van der Waals surface area contributed by atoms with E-state index in [1.807, 2.05) is 0 Å². The first-order valence-electron chi connectivity index (χ1n) is 9.72. The summed E-state index contributed by atoms with van der Waals surface area (Å²) in [4.78, 5) is 0. The van der Waals surface area contributed by atoms with Gasteiger partial charge in [0.05, 0.1) is 19.8 Å². The smallest absolute Gasteiger partial charge is 0.312 e. The Labute approximate surface area is 182 Å². The van der Waals surface area contributed by atoms with E-state index in [0.29, 0.717) is 0 Å². The van der Waals surface area contributed by atoms with Crippen molar-refractivity contribution < 1.29 is 13.6 Å². The van der Waals surface area contributed by atoms with Crippen molar-refractivity contribution in [1.82, 2.24) is 0 Å². The van der Waals surface area contributed by atoms with Gasteiger partial charge in [-0.25, -0.2) is 0 Å². The minimum Gasteiger partial charge on any atom is -0.312 e. The molecule has 0 amide bonds. The summed E-state index contributed by atoms with van der Waals surface area (Å²) in [5, 5.41) is 3.28. The Morgan fingerprint density at radius 3 is 0.960 bits per heavy atom. The summed E-state index contributed by atoms with van der Waals surface area (Å²) in [6.45, 7) is 2.25. The quantitative estimate of drug-likeness (QED) is 0.0792. The Kier molecular flexibility index (Phi) is 25.5. The zero-order valence-electron chi connectivity index (χ0n) is 15.5. The Bertz CT molecular complexity index is 214. The van der Waals surface area contributed by atoms with E-state index >= 15 is 0 Å². The highest BCUT2D eigenvalue weighted by atomic mass is 79.9. The first-order valence-corrected chi connectivity index (χ1v) is 14.2. The van der Waals surface area contributed by atoms with Crippen LogP contribution in [-0.2, 0) is 13.6 Å². The second-order valence-corrected chi connectivity index (χ2v) is 9.63. The molecule has 0 heterocycles. The molecule has 0 N–H and O–H groups in total. The molecule has 0 saturated heterocycles. The van der Waals surface area contributed by atoms with E-state index in [9.17, 15) is 0 Å². The highest BCUT2D eigenvalue weighted by Gasteiger charge is 2.12. The maximum absolute atomic E-state index is 5.87. The third-order valence-corrected chi connectivity index (χ3v) is 6.54. The van der Waals surface area contributed by atoms with Crippen LogP contribution in [0.5, 0.6) is 0 Å². The average Bonchev–Trinajstić information content (AvgIpc) is 2.63. The van der Waals surface area contributed by atoms with Gasteiger partial charge < -0.3 is 13.6 Å². The molecular weight excluding hydrogens is 535 g/mol. The van der Waals surface area contributed by atoms with E-state index in [1.54, 1.807) is 0 Å². The number of rotatable bonds is 21. The van der Waals surface area contributed by atoms with Crippen LogP contribution in [-0.4, -0.2) is 35.8 Å². The molecule has 0 spiro atoms. The normalized spacial score (nSPS) is 11.5. The molecule has 0 aliphatic carbocycles. The fraction of sp³-hybridized carbons (Fsp3) is 1.00. The van der Waals surface area contributed by atoms with E-state index in [4.69, 9.17) is 13.6 Å². The zero-order chi connectivity index (χ0) is 18.4. The van der Waals surface area contributed by atoms with Crippen molar-refractivity contribution in [2.75, 3.05) is 35.8 Å². The van der Waals surface area contributed by atoms with Crippen LogP contribution in [0, 0.1) is 0 Å². The van der Waals surface area contributed by atoms with Gasteiger partial charge in [-0.15, -0.1) is 0 Å². The van der Waals surface area contributed by atoms with Gasteiger partial charge in [0.1, 0.15) is 0 Å².